The van der Waals surface area contributed by atoms with Gasteiger partial charge in [0.15, 0.2) is 0 Å². The van der Waals surface area contributed by atoms with Gasteiger partial charge in [-0.15, -0.1) is 8.58 Å². The topological polar surface area (TPSA) is 0 Å². The van der Waals surface area contributed by atoms with Crippen LogP contribution in [0.15, 0.2) is 0 Å². The third-order valence-electron chi connectivity index (χ3n) is 3.68. The minimum absolute atomic E-state index is 0. The van der Waals surface area contributed by atoms with Gasteiger partial charge in [-0.2, -0.15) is 0 Å². The number of hydrogen-bond acceptors (Lipinski definition) is 0. The summed E-state index contributed by atoms with van der Waals surface area (Å²) in [6.07, 6.45) is 15.4. The molecule has 0 heterocycles. The Hall–Kier alpha value is 0.720. The van der Waals surface area contributed by atoms with Gasteiger partial charge in [0.05, 0.1) is 0 Å². The molecular formula is C12H23ClP-. The van der Waals surface area contributed by atoms with Crippen LogP contribution in [0.3, 0.4) is 0 Å². The lowest BCUT2D eigenvalue weighted by Gasteiger charge is -2.28. The fraction of sp³-hybridized carbons (Fsp3) is 1.00. The van der Waals surface area contributed by atoms with E-state index in [-0.39, 0.29) is 12.4 Å². The quantitative estimate of drug-likeness (QED) is 0.632. The first kappa shape index (κ1) is 12.8. The van der Waals surface area contributed by atoms with Crippen molar-refractivity contribution >= 4 is 8.58 Å². The van der Waals surface area contributed by atoms with E-state index >= 15 is 0 Å². The van der Waals surface area contributed by atoms with Crippen molar-refractivity contribution in [3.63, 3.8) is 0 Å². The van der Waals surface area contributed by atoms with E-state index in [1.807, 2.05) is 0 Å². The molecule has 0 aromatic rings. The van der Waals surface area contributed by atoms with Crippen LogP contribution in [0.5, 0.6) is 0 Å². The molecule has 2 aliphatic rings. The van der Waals surface area contributed by atoms with Crippen molar-refractivity contribution in [3.8, 4) is 0 Å². The summed E-state index contributed by atoms with van der Waals surface area (Å²) in [7, 11) is 1.33. The second-order valence-electron chi connectivity index (χ2n) is 4.84. The zero-order chi connectivity index (χ0) is 8.93. The highest BCUT2D eigenvalue weighted by atomic mass is 35.5. The highest BCUT2D eigenvalue weighted by Crippen LogP contribution is 2.41. The van der Waals surface area contributed by atoms with Crippen molar-refractivity contribution in [2.24, 2.45) is 0 Å². The molecule has 0 N–H and O–H groups in total. The van der Waals surface area contributed by atoms with E-state index in [1.54, 1.807) is 25.7 Å². The maximum Gasteiger partial charge on any atom is -0.0234 e. The van der Waals surface area contributed by atoms with Crippen LogP contribution in [0.25, 0.3) is 0 Å². The molecule has 0 nitrogen and oxygen atoms in total. The molecule has 0 saturated heterocycles. The van der Waals surface area contributed by atoms with Crippen LogP contribution in [-0.4, -0.2) is 11.3 Å². The van der Waals surface area contributed by atoms with E-state index in [9.17, 15) is 0 Å². The van der Waals surface area contributed by atoms with Crippen LogP contribution in [-0.2, 0) is 0 Å². The zero-order valence-corrected chi connectivity index (χ0v) is 10.9. The minimum Gasteiger partial charge on any atom is -1.00 e. The molecule has 0 aromatic heterocycles. The summed E-state index contributed by atoms with van der Waals surface area (Å²) in [6, 6.07) is 0. The summed E-state index contributed by atoms with van der Waals surface area (Å²) >= 11 is 0. The largest absolute Gasteiger partial charge is 1.00 e. The fourth-order valence-electron chi connectivity index (χ4n) is 2.87. The molecule has 2 rings (SSSR count). The molecule has 0 atom stereocenters. The Labute approximate surface area is 96.8 Å². The molecular weight excluding hydrogens is 211 g/mol. The van der Waals surface area contributed by atoms with Gasteiger partial charge in [0, 0.05) is 0 Å². The molecule has 0 bridgehead atoms. The first-order chi connectivity index (χ1) is 6.45. The Morgan fingerprint density at radius 2 is 0.929 bits per heavy atom. The van der Waals surface area contributed by atoms with E-state index in [1.165, 1.54) is 47.1 Å². The van der Waals surface area contributed by atoms with Crippen LogP contribution in [0, 0.1) is 0 Å². The van der Waals surface area contributed by atoms with Gasteiger partial charge in [-0.3, -0.25) is 0 Å². The van der Waals surface area contributed by atoms with Crippen molar-refractivity contribution in [3.05, 3.63) is 0 Å². The minimum atomic E-state index is 0. The molecule has 2 fully saturated rings. The molecule has 0 aliphatic heterocycles. The first-order valence-electron chi connectivity index (χ1n) is 6.21. The van der Waals surface area contributed by atoms with Crippen LogP contribution in [0.4, 0.5) is 0 Å². The molecule has 0 spiro atoms. The van der Waals surface area contributed by atoms with Crippen molar-refractivity contribution in [2.45, 2.75) is 75.5 Å². The van der Waals surface area contributed by atoms with Crippen LogP contribution < -0.4 is 12.4 Å². The highest BCUT2D eigenvalue weighted by Gasteiger charge is 2.20. The highest BCUT2D eigenvalue weighted by molar-refractivity contribution is 7.39. The number of halogens is 1. The zero-order valence-electron chi connectivity index (χ0n) is 9.10. The van der Waals surface area contributed by atoms with Gasteiger partial charge in [-0.25, -0.2) is 0 Å². The molecule has 2 heteroatoms. The van der Waals surface area contributed by atoms with Gasteiger partial charge in [0.2, 0.25) is 0 Å². The third-order valence-corrected chi connectivity index (χ3v) is 5.78. The summed E-state index contributed by atoms with van der Waals surface area (Å²) in [4.78, 5) is 0. The average molecular weight is 234 g/mol. The van der Waals surface area contributed by atoms with Gasteiger partial charge >= 0.3 is 0 Å². The second-order valence-corrected chi connectivity index (χ2v) is 6.80. The lowest BCUT2D eigenvalue weighted by atomic mass is 10.00. The van der Waals surface area contributed by atoms with Crippen molar-refractivity contribution in [2.75, 3.05) is 0 Å². The fourth-order valence-corrected chi connectivity index (χ4v) is 5.02. The number of hydrogen-bond donors (Lipinski definition) is 0. The van der Waals surface area contributed by atoms with E-state index in [2.05, 4.69) is 0 Å². The van der Waals surface area contributed by atoms with Gasteiger partial charge < -0.3 is 12.4 Å². The maximum atomic E-state index is 1.56. The summed E-state index contributed by atoms with van der Waals surface area (Å²) in [5, 5.41) is 0. The Balaban J connectivity index is 0.000000980. The van der Waals surface area contributed by atoms with Crippen LogP contribution >= 0.6 is 8.58 Å². The molecule has 0 radical (unpaired) electrons. The Morgan fingerprint density at radius 1 is 0.571 bits per heavy atom. The van der Waals surface area contributed by atoms with E-state index < -0.39 is 0 Å². The molecule has 14 heavy (non-hydrogen) atoms. The first-order valence-corrected chi connectivity index (χ1v) is 7.37. The molecule has 84 valence electrons. The van der Waals surface area contributed by atoms with Crippen molar-refractivity contribution in [1.29, 1.82) is 0 Å². The molecule has 2 aliphatic carbocycles. The molecule has 0 amide bonds. The lowest BCUT2D eigenvalue weighted by Crippen LogP contribution is -3.00. The lowest BCUT2D eigenvalue weighted by molar-refractivity contribution is -0.00000271. The molecule has 2 saturated carbocycles. The van der Waals surface area contributed by atoms with E-state index in [0.717, 1.165) is 11.3 Å². The maximum absolute atomic E-state index is 1.56. The Kier molecular flexibility index (Phi) is 6.46. The van der Waals surface area contributed by atoms with Crippen molar-refractivity contribution < 1.29 is 12.4 Å². The van der Waals surface area contributed by atoms with E-state index in [4.69, 9.17) is 0 Å². The predicted molar refractivity (Wildman–Crippen MR) is 62.1 cm³/mol. The van der Waals surface area contributed by atoms with Crippen LogP contribution in [0.2, 0.25) is 0 Å². The van der Waals surface area contributed by atoms with E-state index in [0.29, 0.717) is 0 Å². The number of rotatable bonds is 2. The Morgan fingerprint density at radius 3 is 1.29 bits per heavy atom. The smallest absolute Gasteiger partial charge is 0.0234 e. The summed E-state index contributed by atoms with van der Waals surface area (Å²) < 4.78 is 0. The molecule has 0 aromatic carbocycles. The summed E-state index contributed by atoms with van der Waals surface area (Å²) in [6.45, 7) is 0. The summed E-state index contributed by atoms with van der Waals surface area (Å²) in [5.74, 6) is 0. The third kappa shape index (κ3) is 4.07. The standard InChI is InChI=1S/C12H23P.ClH/c1-3-7-11(8-4-1)13-12-9-5-2-6-10-12;/h11-13H,1-10H2;1H/p-1. The normalized spacial score (nSPS) is 25.7. The monoisotopic (exact) mass is 233 g/mol. The Bertz CT molecular complexity index is 121. The summed E-state index contributed by atoms with van der Waals surface area (Å²) in [5.41, 5.74) is 2.30. The van der Waals surface area contributed by atoms with Gasteiger partial charge in [-0.05, 0) is 37.0 Å². The van der Waals surface area contributed by atoms with Crippen LogP contribution in [0.1, 0.15) is 64.2 Å². The van der Waals surface area contributed by atoms with Gasteiger partial charge in [0.25, 0.3) is 0 Å². The average Bonchev–Trinajstić information content (AvgIpc) is 2.21. The predicted octanol–water partition coefficient (Wildman–Crippen LogP) is 1.33. The van der Waals surface area contributed by atoms with Crippen molar-refractivity contribution in [1.82, 2.24) is 0 Å². The van der Waals surface area contributed by atoms with Gasteiger partial charge in [0.1, 0.15) is 0 Å². The SMILES string of the molecule is C1CCC(PC2CCCCC2)CC1.[Cl-]. The molecule has 0 unspecified atom stereocenters. The van der Waals surface area contributed by atoms with Gasteiger partial charge in [-0.1, -0.05) is 38.5 Å². The second kappa shape index (κ2) is 7.07.